The van der Waals surface area contributed by atoms with Gasteiger partial charge in [0.1, 0.15) is 17.7 Å². The molecule has 1 aliphatic rings. The average molecular weight is 406 g/mol. The van der Waals surface area contributed by atoms with Crippen LogP contribution in [0.15, 0.2) is 64.0 Å². The van der Waals surface area contributed by atoms with Gasteiger partial charge < -0.3 is 10.6 Å². The lowest BCUT2D eigenvalue weighted by molar-refractivity contribution is 0.522. The molecular weight excluding hydrogens is 386 g/mol. The van der Waals surface area contributed by atoms with E-state index in [4.69, 9.17) is 17.3 Å². The first-order chi connectivity index (χ1) is 12.8. The van der Waals surface area contributed by atoms with E-state index in [2.05, 4.69) is 9.39 Å². The van der Waals surface area contributed by atoms with Gasteiger partial charge in [0.25, 0.3) is 0 Å². The summed E-state index contributed by atoms with van der Waals surface area (Å²) in [4.78, 5) is 6.63. The number of aliphatic imine (C=N–C) groups is 1. The smallest absolute Gasteiger partial charge is 0.323 e. The number of hydrogen-bond donors (Lipinski definition) is 1. The van der Waals surface area contributed by atoms with Gasteiger partial charge in [-0.2, -0.15) is 12.7 Å². The van der Waals surface area contributed by atoms with Crippen molar-refractivity contribution in [2.45, 2.75) is 6.04 Å². The lowest BCUT2D eigenvalue weighted by Crippen LogP contribution is -2.36. The first-order valence-corrected chi connectivity index (χ1v) is 9.99. The third kappa shape index (κ3) is 4.29. The molecule has 1 unspecified atom stereocenters. The molecule has 0 radical (unpaired) electrons. The third-order valence-corrected chi connectivity index (χ3v) is 5.70. The van der Waals surface area contributed by atoms with E-state index in [-0.39, 0.29) is 5.84 Å². The summed E-state index contributed by atoms with van der Waals surface area (Å²) >= 11 is 5.99. The first kappa shape index (κ1) is 19.3. The number of para-hydroxylation sites is 1. The molecule has 0 fully saturated rings. The van der Waals surface area contributed by atoms with Crippen molar-refractivity contribution in [3.05, 3.63) is 65.2 Å². The van der Waals surface area contributed by atoms with Crippen LogP contribution < -0.4 is 10.6 Å². The van der Waals surface area contributed by atoms with E-state index in [0.29, 0.717) is 17.4 Å². The fourth-order valence-electron chi connectivity index (χ4n) is 2.62. The zero-order chi connectivity index (χ0) is 19.6. The van der Waals surface area contributed by atoms with Gasteiger partial charge in [-0.15, -0.1) is 4.40 Å². The van der Waals surface area contributed by atoms with Crippen LogP contribution in [-0.2, 0) is 10.2 Å². The van der Waals surface area contributed by atoms with Gasteiger partial charge in [0.15, 0.2) is 0 Å². The summed E-state index contributed by atoms with van der Waals surface area (Å²) < 4.78 is 28.7. The largest absolute Gasteiger partial charge is 0.385 e. The number of anilines is 1. The van der Waals surface area contributed by atoms with E-state index in [0.717, 1.165) is 15.6 Å². The Hall–Kier alpha value is -2.42. The highest BCUT2D eigenvalue weighted by Crippen LogP contribution is 2.24. The zero-order valence-electron chi connectivity index (χ0n) is 14.9. The molecule has 0 saturated carbocycles. The molecule has 2 aromatic rings. The van der Waals surface area contributed by atoms with Crippen LogP contribution in [0.3, 0.4) is 0 Å². The molecule has 0 aromatic heterocycles. The van der Waals surface area contributed by atoms with Gasteiger partial charge in [-0.25, -0.2) is 0 Å². The Kier molecular flexibility index (Phi) is 5.50. The van der Waals surface area contributed by atoms with Crippen LogP contribution in [-0.4, -0.2) is 51.1 Å². The molecule has 0 aliphatic carbocycles. The van der Waals surface area contributed by atoms with Crippen molar-refractivity contribution in [3.63, 3.8) is 0 Å². The molecular formula is C18H20ClN5O2S. The zero-order valence-corrected chi connectivity index (χ0v) is 16.5. The van der Waals surface area contributed by atoms with E-state index < -0.39 is 16.3 Å². The summed E-state index contributed by atoms with van der Waals surface area (Å²) in [7, 11) is -1.01. The number of nitrogens with zero attached hydrogens (tertiary/aromatic N) is 4. The molecule has 7 nitrogen and oxygen atoms in total. The van der Waals surface area contributed by atoms with E-state index in [1.54, 1.807) is 12.1 Å². The maximum atomic E-state index is 12.0. The lowest BCUT2D eigenvalue weighted by atomic mass is 10.2. The summed E-state index contributed by atoms with van der Waals surface area (Å²) in [6.45, 7) is 0.389. The second kappa shape index (κ2) is 7.67. The minimum Gasteiger partial charge on any atom is -0.385 e. The quantitative estimate of drug-likeness (QED) is 0.609. The molecule has 2 N–H and O–H groups in total. The Labute approximate surface area is 164 Å². The van der Waals surface area contributed by atoms with Crippen LogP contribution in [0.1, 0.15) is 5.56 Å². The van der Waals surface area contributed by atoms with Crippen molar-refractivity contribution < 1.29 is 8.42 Å². The maximum Gasteiger partial charge on any atom is 0.323 e. The third-order valence-electron chi connectivity index (χ3n) is 4.08. The highest BCUT2D eigenvalue weighted by Gasteiger charge is 2.30. The first-order valence-electron chi connectivity index (χ1n) is 8.22. The van der Waals surface area contributed by atoms with E-state index in [1.807, 2.05) is 47.4 Å². The molecule has 142 valence electrons. The summed E-state index contributed by atoms with van der Waals surface area (Å²) in [6, 6.07) is 16.4. The lowest BCUT2D eigenvalue weighted by Gasteiger charge is -2.21. The molecule has 27 heavy (non-hydrogen) atoms. The molecule has 0 amide bonds. The second-order valence-corrected chi connectivity index (χ2v) is 8.44. The monoisotopic (exact) mass is 405 g/mol. The molecule has 1 heterocycles. The van der Waals surface area contributed by atoms with Gasteiger partial charge in [0.05, 0.1) is 6.54 Å². The Morgan fingerprint density at radius 1 is 1.19 bits per heavy atom. The molecule has 2 aromatic carbocycles. The standard InChI is InChI=1S/C18H20ClN5O2S/c1-23(2)27(25,26)22-17(20)16-12-24(15-6-4-3-5-7-15)18(21-16)13-8-10-14(19)11-9-13/h3-11,16H,12H2,1-2H3,(H2,20,22). The fraction of sp³-hybridized carbons (Fsp3) is 0.222. The topological polar surface area (TPSA) is 91.4 Å². The van der Waals surface area contributed by atoms with Crippen LogP contribution in [0.25, 0.3) is 0 Å². The van der Waals surface area contributed by atoms with Crippen LogP contribution in [0.5, 0.6) is 0 Å². The van der Waals surface area contributed by atoms with Crippen molar-refractivity contribution in [1.29, 1.82) is 0 Å². The van der Waals surface area contributed by atoms with Gasteiger partial charge in [0.2, 0.25) is 0 Å². The number of nitrogens with two attached hydrogens (primary N) is 1. The number of hydrogen-bond acceptors (Lipinski definition) is 4. The van der Waals surface area contributed by atoms with Crippen molar-refractivity contribution in [1.82, 2.24) is 4.31 Å². The van der Waals surface area contributed by atoms with Crippen LogP contribution in [0.2, 0.25) is 5.02 Å². The van der Waals surface area contributed by atoms with Crippen molar-refractivity contribution in [3.8, 4) is 0 Å². The molecule has 1 aliphatic heterocycles. The van der Waals surface area contributed by atoms with Crippen molar-refractivity contribution in [2.75, 3.05) is 25.5 Å². The van der Waals surface area contributed by atoms with Gasteiger partial charge in [-0.1, -0.05) is 29.8 Å². The minimum absolute atomic E-state index is 0.0476. The van der Waals surface area contributed by atoms with E-state index in [9.17, 15) is 8.42 Å². The number of halogens is 1. The van der Waals surface area contributed by atoms with Crippen molar-refractivity contribution >= 4 is 39.2 Å². The average Bonchev–Trinajstić information content (AvgIpc) is 3.08. The summed E-state index contributed by atoms with van der Waals surface area (Å²) in [5, 5.41) is 0.623. The van der Waals surface area contributed by atoms with E-state index in [1.165, 1.54) is 14.1 Å². The van der Waals surface area contributed by atoms with Gasteiger partial charge >= 0.3 is 10.2 Å². The molecule has 9 heteroatoms. The number of rotatable bonds is 5. The Morgan fingerprint density at radius 2 is 1.81 bits per heavy atom. The van der Waals surface area contributed by atoms with Crippen molar-refractivity contribution in [2.24, 2.45) is 15.1 Å². The van der Waals surface area contributed by atoms with E-state index >= 15 is 0 Å². The van der Waals surface area contributed by atoms with Gasteiger partial charge in [0, 0.05) is 30.4 Å². The molecule has 1 atom stereocenters. The van der Waals surface area contributed by atoms with Crippen LogP contribution in [0, 0.1) is 0 Å². The minimum atomic E-state index is -3.81. The number of amidine groups is 2. The highest BCUT2D eigenvalue weighted by atomic mass is 35.5. The fourth-order valence-corrected chi connectivity index (χ4v) is 3.30. The maximum absolute atomic E-state index is 12.0. The Balaban J connectivity index is 2.01. The SMILES string of the molecule is CN(C)S(=O)(=O)/N=C(\N)C1CN(c2ccccc2)C(c2ccc(Cl)cc2)=N1. The molecule has 0 bridgehead atoms. The predicted molar refractivity (Wildman–Crippen MR) is 110 cm³/mol. The predicted octanol–water partition coefficient (Wildman–Crippen LogP) is 2.14. The van der Waals surface area contributed by atoms with Crippen LogP contribution >= 0.6 is 11.6 Å². The Morgan fingerprint density at radius 3 is 2.41 bits per heavy atom. The summed E-state index contributed by atoms with van der Waals surface area (Å²) in [6.07, 6.45) is 0. The molecule has 0 saturated heterocycles. The van der Waals surface area contributed by atoms with Crippen LogP contribution in [0.4, 0.5) is 5.69 Å². The summed E-state index contributed by atoms with van der Waals surface area (Å²) in [5.74, 6) is 0.636. The normalized spacial score (nSPS) is 18.1. The Bertz CT molecular complexity index is 973. The molecule has 3 rings (SSSR count). The molecule has 0 spiro atoms. The summed E-state index contributed by atoms with van der Waals surface area (Å²) in [5.41, 5.74) is 7.78. The van der Waals surface area contributed by atoms with Gasteiger partial charge in [-0.05, 0) is 36.4 Å². The highest BCUT2D eigenvalue weighted by molar-refractivity contribution is 7.87. The van der Waals surface area contributed by atoms with Gasteiger partial charge in [-0.3, -0.25) is 4.99 Å². The second-order valence-electron chi connectivity index (χ2n) is 6.20. The number of benzene rings is 2.